The molecular weight excluding hydrogens is 312 g/mol. The molecule has 1 heterocycles. The lowest BCUT2D eigenvalue weighted by atomic mass is 9.94. The van der Waals surface area contributed by atoms with Gasteiger partial charge in [-0.15, -0.1) is 0 Å². The molecule has 2 fully saturated rings. The minimum absolute atomic E-state index is 0.179. The van der Waals surface area contributed by atoms with Gasteiger partial charge in [-0.2, -0.15) is 0 Å². The molecule has 0 atom stereocenters. The van der Waals surface area contributed by atoms with E-state index >= 15 is 0 Å². The first kappa shape index (κ1) is 16.3. The van der Waals surface area contributed by atoms with Crippen molar-refractivity contribution in [2.75, 3.05) is 26.2 Å². The first-order valence-electron chi connectivity index (χ1n) is 8.40. The Labute approximate surface area is 142 Å². The monoisotopic (exact) mass is 334 g/mol. The molecule has 0 aromatic heterocycles. The van der Waals surface area contributed by atoms with Gasteiger partial charge in [-0.1, -0.05) is 30.7 Å². The molecule has 0 N–H and O–H groups in total. The van der Waals surface area contributed by atoms with Gasteiger partial charge in [-0.3, -0.25) is 9.59 Å². The van der Waals surface area contributed by atoms with E-state index in [0.29, 0.717) is 24.5 Å². The molecular formula is C18H23ClN2O2. The van der Waals surface area contributed by atoms with Gasteiger partial charge < -0.3 is 9.80 Å². The minimum atomic E-state index is -0.353. The van der Waals surface area contributed by atoms with Gasteiger partial charge in [0.1, 0.15) is 0 Å². The molecule has 0 radical (unpaired) electrons. The maximum absolute atomic E-state index is 13.1. The summed E-state index contributed by atoms with van der Waals surface area (Å²) >= 11 is 5.96. The summed E-state index contributed by atoms with van der Waals surface area (Å²) in [5, 5.41) is 0.695. The second kappa shape index (κ2) is 6.52. The Morgan fingerprint density at radius 2 is 1.65 bits per heavy atom. The van der Waals surface area contributed by atoms with Crippen molar-refractivity contribution in [3.8, 4) is 0 Å². The number of benzene rings is 1. The highest BCUT2D eigenvalue weighted by Gasteiger charge is 2.53. The number of hydrogen-bond donors (Lipinski definition) is 0. The van der Waals surface area contributed by atoms with Crippen LogP contribution < -0.4 is 0 Å². The molecule has 1 saturated heterocycles. The van der Waals surface area contributed by atoms with Gasteiger partial charge in [-0.05, 0) is 37.0 Å². The molecule has 124 valence electrons. The first-order chi connectivity index (χ1) is 11.1. The standard InChI is InChI=1S/C18H23ClN2O2/c1-2-16(22)20-10-3-11-21(13-12-20)17(23)18(8-9-18)14-4-6-15(19)7-5-14/h4-7H,2-3,8-13H2,1H3. The van der Waals surface area contributed by atoms with E-state index < -0.39 is 0 Å². The van der Waals surface area contributed by atoms with Crippen LogP contribution in [0.4, 0.5) is 0 Å². The summed E-state index contributed by atoms with van der Waals surface area (Å²) in [5.41, 5.74) is 0.715. The Kier molecular flexibility index (Phi) is 4.62. The van der Waals surface area contributed by atoms with Crippen LogP contribution in [0, 0.1) is 0 Å². The molecule has 4 nitrogen and oxygen atoms in total. The SMILES string of the molecule is CCC(=O)N1CCCN(C(=O)C2(c3ccc(Cl)cc3)CC2)CC1. The second-order valence-electron chi connectivity index (χ2n) is 6.47. The van der Waals surface area contributed by atoms with Gasteiger partial charge in [0.25, 0.3) is 0 Å². The maximum Gasteiger partial charge on any atom is 0.233 e. The molecule has 1 aromatic carbocycles. The van der Waals surface area contributed by atoms with Gasteiger partial charge in [0.2, 0.25) is 11.8 Å². The van der Waals surface area contributed by atoms with E-state index in [0.717, 1.165) is 37.9 Å². The highest BCUT2D eigenvalue weighted by Crippen LogP contribution is 2.49. The summed E-state index contributed by atoms with van der Waals surface area (Å²) in [6, 6.07) is 7.65. The maximum atomic E-state index is 13.1. The number of carbonyl (C=O) groups excluding carboxylic acids is 2. The van der Waals surface area contributed by atoms with Crippen LogP contribution in [0.25, 0.3) is 0 Å². The third-order valence-corrected chi connectivity index (χ3v) is 5.25. The van der Waals surface area contributed by atoms with Gasteiger partial charge >= 0.3 is 0 Å². The molecule has 5 heteroatoms. The molecule has 1 aromatic rings. The smallest absolute Gasteiger partial charge is 0.233 e. The predicted octanol–water partition coefficient (Wildman–Crippen LogP) is 2.84. The van der Waals surface area contributed by atoms with E-state index in [1.807, 2.05) is 41.0 Å². The van der Waals surface area contributed by atoms with Gasteiger partial charge in [0, 0.05) is 37.6 Å². The van der Waals surface area contributed by atoms with Crippen LogP contribution in [0.2, 0.25) is 5.02 Å². The molecule has 1 aliphatic heterocycles. The van der Waals surface area contributed by atoms with Crippen LogP contribution in [0.5, 0.6) is 0 Å². The largest absolute Gasteiger partial charge is 0.341 e. The first-order valence-corrected chi connectivity index (χ1v) is 8.78. The summed E-state index contributed by atoms with van der Waals surface area (Å²) < 4.78 is 0. The normalized spacial score (nSPS) is 20.1. The van der Waals surface area contributed by atoms with Crippen LogP contribution in [0.15, 0.2) is 24.3 Å². The number of halogens is 1. The van der Waals surface area contributed by atoms with Crippen molar-refractivity contribution < 1.29 is 9.59 Å². The van der Waals surface area contributed by atoms with Gasteiger partial charge in [0.15, 0.2) is 0 Å². The van der Waals surface area contributed by atoms with Crippen molar-refractivity contribution in [1.29, 1.82) is 0 Å². The summed E-state index contributed by atoms with van der Waals surface area (Å²) in [7, 11) is 0. The molecule has 1 aliphatic carbocycles. The Balaban J connectivity index is 1.70. The van der Waals surface area contributed by atoms with E-state index in [4.69, 9.17) is 11.6 Å². The molecule has 0 unspecified atom stereocenters. The third kappa shape index (κ3) is 3.23. The Morgan fingerprint density at radius 3 is 2.26 bits per heavy atom. The summed E-state index contributed by atoms with van der Waals surface area (Å²) in [4.78, 5) is 28.8. The van der Waals surface area contributed by atoms with Crippen molar-refractivity contribution in [1.82, 2.24) is 9.80 Å². The average molecular weight is 335 g/mol. The lowest BCUT2D eigenvalue weighted by Crippen LogP contribution is -2.42. The van der Waals surface area contributed by atoms with Crippen LogP contribution in [-0.2, 0) is 15.0 Å². The Bertz CT molecular complexity index is 596. The minimum Gasteiger partial charge on any atom is -0.341 e. The Morgan fingerprint density at radius 1 is 1.04 bits per heavy atom. The van der Waals surface area contributed by atoms with Crippen molar-refractivity contribution >= 4 is 23.4 Å². The fraction of sp³-hybridized carbons (Fsp3) is 0.556. The molecule has 23 heavy (non-hydrogen) atoms. The zero-order chi connectivity index (χ0) is 16.4. The zero-order valence-electron chi connectivity index (χ0n) is 13.6. The molecule has 0 bridgehead atoms. The van der Waals surface area contributed by atoms with Crippen LogP contribution in [0.1, 0.15) is 38.2 Å². The average Bonchev–Trinajstić information content (AvgIpc) is 3.38. The quantitative estimate of drug-likeness (QED) is 0.852. The predicted molar refractivity (Wildman–Crippen MR) is 90.4 cm³/mol. The third-order valence-electron chi connectivity index (χ3n) is 4.99. The summed E-state index contributed by atoms with van der Waals surface area (Å²) in [5.74, 6) is 0.392. The van der Waals surface area contributed by atoms with E-state index in [2.05, 4.69) is 0 Å². The fourth-order valence-corrected chi connectivity index (χ4v) is 3.54. The van der Waals surface area contributed by atoms with E-state index in [9.17, 15) is 9.59 Å². The van der Waals surface area contributed by atoms with Crippen molar-refractivity contribution in [3.05, 3.63) is 34.9 Å². The molecule has 0 spiro atoms. The number of nitrogens with zero attached hydrogens (tertiary/aromatic N) is 2. The van der Waals surface area contributed by atoms with Crippen molar-refractivity contribution in [3.63, 3.8) is 0 Å². The number of carbonyl (C=O) groups is 2. The van der Waals surface area contributed by atoms with Crippen molar-refractivity contribution in [2.45, 2.75) is 38.0 Å². The topological polar surface area (TPSA) is 40.6 Å². The number of hydrogen-bond acceptors (Lipinski definition) is 2. The Hall–Kier alpha value is -1.55. The lowest BCUT2D eigenvalue weighted by Gasteiger charge is -2.26. The lowest BCUT2D eigenvalue weighted by molar-refractivity contribution is -0.135. The highest BCUT2D eigenvalue weighted by atomic mass is 35.5. The van der Waals surface area contributed by atoms with E-state index in [-0.39, 0.29) is 17.2 Å². The van der Waals surface area contributed by atoms with Crippen LogP contribution in [-0.4, -0.2) is 47.8 Å². The number of amides is 2. The van der Waals surface area contributed by atoms with Crippen LogP contribution >= 0.6 is 11.6 Å². The zero-order valence-corrected chi connectivity index (χ0v) is 14.3. The molecule has 2 amide bonds. The summed E-state index contributed by atoms with van der Waals surface area (Å²) in [6.45, 7) is 4.66. The fourth-order valence-electron chi connectivity index (χ4n) is 3.42. The van der Waals surface area contributed by atoms with Crippen LogP contribution in [0.3, 0.4) is 0 Å². The highest BCUT2D eigenvalue weighted by molar-refractivity contribution is 6.30. The molecule has 2 aliphatic rings. The van der Waals surface area contributed by atoms with E-state index in [1.165, 1.54) is 0 Å². The molecule has 3 rings (SSSR count). The van der Waals surface area contributed by atoms with Gasteiger partial charge in [-0.25, -0.2) is 0 Å². The molecule has 1 saturated carbocycles. The van der Waals surface area contributed by atoms with Crippen molar-refractivity contribution in [2.24, 2.45) is 0 Å². The van der Waals surface area contributed by atoms with E-state index in [1.54, 1.807) is 0 Å². The second-order valence-corrected chi connectivity index (χ2v) is 6.91. The summed E-state index contributed by atoms with van der Waals surface area (Å²) in [6.07, 6.45) is 3.19. The van der Waals surface area contributed by atoms with Gasteiger partial charge in [0.05, 0.1) is 5.41 Å². The number of rotatable bonds is 3.